The van der Waals surface area contributed by atoms with Gasteiger partial charge in [0.2, 0.25) is 11.8 Å². The van der Waals surface area contributed by atoms with Gasteiger partial charge in [0.1, 0.15) is 5.75 Å². The Labute approximate surface area is 149 Å². The van der Waals surface area contributed by atoms with E-state index < -0.39 is 0 Å². The molecule has 0 saturated carbocycles. The Morgan fingerprint density at radius 1 is 1.20 bits per heavy atom. The quantitative estimate of drug-likeness (QED) is 0.832. The SMILES string of the molecule is CCOc1ccccc1N1CCN(C(=O)C2CCC(=O)N(C)C2)CC1. The van der Waals surface area contributed by atoms with Crippen molar-refractivity contribution in [2.75, 3.05) is 51.3 Å². The molecule has 25 heavy (non-hydrogen) atoms. The van der Waals surface area contributed by atoms with Crippen LogP contribution in [0.25, 0.3) is 0 Å². The fourth-order valence-corrected chi connectivity index (χ4v) is 3.64. The molecule has 0 N–H and O–H groups in total. The normalized spacial score (nSPS) is 21.4. The van der Waals surface area contributed by atoms with Gasteiger partial charge in [-0.3, -0.25) is 9.59 Å². The summed E-state index contributed by atoms with van der Waals surface area (Å²) in [6.45, 7) is 6.21. The highest BCUT2D eigenvalue weighted by Crippen LogP contribution is 2.29. The minimum atomic E-state index is -0.0510. The summed E-state index contributed by atoms with van der Waals surface area (Å²) < 4.78 is 5.72. The van der Waals surface area contributed by atoms with Crippen LogP contribution in [0, 0.1) is 5.92 Å². The topological polar surface area (TPSA) is 53.1 Å². The average Bonchev–Trinajstić information content (AvgIpc) is 2.64. The molecule has 2 heterocycles. The van der Waals surface area contributed by atoms with Crippen LogP contribution in [-0.2, 0) is 9.59 Å². The molecule has 1 aromatic rings. The Morgan fingerprint density at radius 2 is 1.92 bits per heavy atom. The number of hydrogen-bond acceptors (Lipinski definition) is 4. The summed E-state index contributed by atoms with van der Waals surface area (Å²) in [4.78, 5) is 30.3. The number of nitrogens with zero attached hydrogens (tertiary/aromatic N) is 3. The number of carbonyl (C=O) groups excluding carboxylic acids is 2. The highest BCUT2D eigenvalue weighted by Gasteiger charge is 2.32. The zero-order valence-electron chi connectivity index (χ0n) is 15.1. The molecule has 0 aromatic heterocycles. The van der Waals surface area contributed by atoms with Gasteiger partial charge in [-0.1, -0.05) is 12.1 Å². The first-order chi connectivity index (χ1) is 12.1. The number of piperazine rings is 1. The van der Waals surface area contributed by atoms with E-state index in [0.29, 0.717) is 39.1 Å². The lowest BCUT2D eigenvalue weighted by atomic mass is 9.96. The Hall–Kier alpha value is -2.24. The van der Waals surface area contributed by atoms with E-state index in [9.17, 15) is 9.59 Å². The maximum absolute atomic E-state index is 12.8. The van der Waals surface area contributed by atoms with Crippen molar-refractivity contribution in [2.45, 2.75) is 19.8 Å². The number of anilines is 1. The summed E-state index contributed by atoms with van der Waals surface area (Å²) in [5.74, 6) is 1.18. The molecule has 1 aromatic carbocycles. The van der Waals surface area contributed by atoms with Crippen molar-refractivity contribution in [3.05, 3.63) is 24.3 Å². The highest BCUT2D eigenvalue weighted by atomic mass is 16.5. The number of para-hydroxylation sites is 2. The van der Waals surface area contributed by atoms with Crippen molar-refractivity contribution in [1.29, 1.82) is 0 Å². The largest absolute Gasteiger partial charge is 0.492 e. The summed E-state index contributed by atoms with van der Waals surface area (Å²) in [7, 11) is 1.78. The van der Waals surface area contributed by atoms with Crippen molar-refractivity contribution in [1.82, 2.24) is 9.80 Å². The number of amides is 2. The van der Waals surface area contributed by atoms with Gasteiger partial charge in [0.05, 0.1) is 18.2 Å². The van der Waals surface area contributed by atoms with Crippen LogP contribution in [-0.4, -0.2) is 68.0 Å². The molecule has 136 valence electrons. The van der Waals surface area contributed by atoms with Gasteiger partial charge in [0, 0.05) is 46.2 Å². The van der Waals surface area contributed by atoms with Crippen molar-refractivity contribution in [3.63, 3.8) is 0 Å². The van der Waals surface area contributed by atoms with Crippen LogP contribution in [0.15, 0.2) is 24.3 Å². The molecule has 3 rings (SSSR count). The molecule has 6 heteroatoms. The fraction of sp³-hybridized carbons (Fsp3) is 0.579. The van der Waals surface area contributed by atoms with Crippen molar-refractivity contribution >= 4 is 17.5 Å². The monoisotopic (exact) mass is 345 g/mol. The summed E-state index contributed by atoms with van der Waals surface area (Å²) in [6.07, 6.45) is 1.16. The Kier molecular flexibility index (Phi) is 5.46. The molecular weight excluding hydrogens is 318 g/mol. The van der Waals surface area contributed by atoms with Gasteiger partial charge in [-0.25, -0.2) is 0 Å². The first-order valence-electron chi connectivity index (χ1n) is 9.09. The molecule has 2 saturated heterocycles. The highest BCUT2D eigenvalue weighted by molar-refractivity contribution is 5.84. The lowest BCUT2D eigenvalue weighted by Crippen LogP contribution is -2.52. The lowest BCUT2D eigenvalue weighted by molar-refractivity contribution is -0.142. The van der Waals surface area contributed by atoms with E-state index >= 15 is 0 Å². The number of hydrogen-bond donors (Lipinski definition) is 0. The third-order valence-corrected chi connectivity index (χ3v) is 5.07. The second kappa shape index (κ2) is 7.76. The van der Waals surface area contributed by atoms with Crippen LogP contribution in [0.1, 0.15) is 19.8 Å². The molecule has 2 fully saturated rings. The van der Waals surface area contributed by atoms with E-state index in [-0.39, 0.29) is 17.7 Å². The van der Waals surface area contributed by atoms with Crippen molar-refractivity contribution in [3.8, 4) is 5.75 Å². The van der Waals surface area contributed by atoms with Crippen LogP contribution in [0.3, 0.4) is 0 Å². The van der Waals surface area contributed by atoms with Gasteiger partial charge >= 0.3 is 0 Å². The number of piperidine rings is 1. The molecular formula is C19H27N3O3. The third-order valence-electron chi connectivity index (χ3n) is 5.07. The number of ether oxygens (including phenoxy) is 1. The zero-order valence-corrected chi connectivity index (χ0v) is 15.1. The first-order valence-corrected chi connectivity index (χ1v) is 9.09. The van der Waals surface area contributed by atoms with Gasteiger partial charge in [-0.15, -0.1) is 0 Å². The fourth-order valence-electron chi connectivity index (χ4n) is 3.64. The van der Waals surface area contributed by atoms with Gasteiger partial charge in [-0.2, -0.15) is 0 Å². The zero-order chi connectivity index (χ0) is 17.8. The van der Waals surface area contributed by atoms with Gasteiger partial charge in [-0.05, 0) is 25.5 Å². The molecule has 2 amide bonds. The van der Waals surface area contributed by atoms with E-state index in [0.717, 1.165) is 24.5 Å². The summed E-state index contributed by atoms with van der Waals surface area (Å²) >= 11 is 0. The molecule has 0 radical (unpaired) electrons. The molecule has 6 nitrogen and oxygen atoms in total. The van der Waals surface area contributed by atoms with Gasteiger partial charge < -0.3 is 19.4 Å². The molecule has 1 atom stereocenters. The molecule has 2 aliphatic rings. The van der Waals surface area contributed by atoms with Crippen LogP contribution in [0.2, 0.25) is 0 Å². The maximum Gasteiger partial charge on any atom is 0.227 e. The summed E-state index contributed by atoms with van der Waals surface area (Å²) in [6, 6.07) is 8.06. The first kappa shape index (κ1) is 17.6. The van der Waals surface area contributed by atoms with Crippen LogP contribution in [0.4, 0.5) is 5.69 Å². The predicted molar refractivity (Wildman–Crippen MR) is 96.8 cm³/mol. The van der Waals surface area contributed by atoms with E-state index in [4.69, 9.17) is 4.74 Å². The van der Waals surface area contributed by atoms with Crippen molar-refractivity contribution in [2.24, 2.45) is 5.92 Å². The number of likely N-dealkylation sites (tertiary alicyclic amines) is 1. The van der Waals surface area contributed by atoms with E-state index in [1.165, 1.54) is 0 Å². The molecule has 0 aliphatic carbocycles. The predicted octanol–water partition coefficient (Wildman–Crippen LogP) is 1.60. The Morgan fingerprint density at radius 3 is 2.60 bits per heavy atom. The number of benzene rings is 1. The standard InChI is InChI=1S/C19H27N3O3/c1-3-25-17-7-5-4-6-16(17)21-10-12-22(13-11-21)19(24)15-8-9-18(23)20(2)14-15/h4-7,15H,3,8-14H2,1-2H3. The van der Waals surface area contributed by atoms with Gasteiger partial charge in [0.15, 0.2) is 0 Å². The molecule has 2 aliphatic heterocycles. The Balaban J connectivity index is 1.59. The van der Waals surface area contributed by atoms with E-state index in [1.54, 1.807) is 11.9 Å². The molecule has 0 bridgehead atoms. The summed E-state index contributed by atoms with van der Waals surface area (Å²) in [5, 5.41) is 0. The average molecular weight is 345 g/mol. The maximum atomic E-state index is 12.8. The number of carbonyl (C=O) groups is 2. The Bertz CT molecular complexity index is 626. The smallest absolute Gasteiger partial charge is 0.227 e. The van der Waals surface area contributed by atoms with Gasteiger partial charge in [0.25, 0.3) is 0 Å². The third kappa shape index (κ3) is 3.89. The van der Waals surface area contributed by atoms with E-state index in [1.807, 2.05) is 30.0 Å². The second-order valence-corrected chi connectivity index (χ2v) is 6.72. The van der Waals surface area contributed by atoms with Crippen LogP contribution >= 0.6 is 0 Å². The van der Waals surface area contributed by atoms with Crippen molar-refractivity contribution < 1.29 is 14.3 Å². The molecule has 0 spiro atoms. The van der Waals surface area contributed by atoms with Crippen LogP contribution < -0.4 is 9.64 Å². The lowest BCUT2D eigenvalue weighted by Gasteiger charge is -2.39. The number of rotatable bonds is 4. The minimum Gasteiger partial charge on any atom is -0.492 e. The molecule has 1 unspecified atom stereocenters. The second-order valence-electron chi connectivity index (χ2n) is 6.72. The summed E-state index contributed by atoms with van der Waals surface area (Å²) in [5.41, 5.74) is 1.10. The van der Waals surface area contributed by atoms with Crippen LogP contribution in [0.5, 0.6) is 5.75 Å². The van der Waals surface area contributed by atoms with E-state index in [2.05, 4.69) is 11.0 Å². The minimum absolute atomic E-state index is 0.0510.